The van der Waals surface area contributed by atoms with Gasteiger partial charge in [-0.15, -0.1) is 0 Å². The number of carbonyl (C=O) groups is 13. The van der Waals surface area contributed by atoms with Gasteiger partial charge in [-0.25, -0.2) is 4.79 Å². The molecule has 13 atom stereocenters. The SMILES string of the molecule is CC(C)NCc1ccc(C[C@@H]2NC(=O)[C@@H](Cc3c[nH]c4ccccc34)NC(=O)[C@H](Cc3ccccc3)NC(=O)[C@@H]3CCC(=O)NCC[C@H](NC(=O)[C@H](Cc4ccccc4)NC(=O)[C@H]([C@@H](C)O)NC2=O)C(=O)N[C@@H](CO)C(=O)N[C@H](C(=O)O)CSSC[C@H](NC(=O)[C@@H](N)Cc2ccc(O)cc2)C(=O)N[C@@H](CCCCN)C(=O)N3)cc1. The van der Waals surface area contributed by atoms with Gasteiger partial charge >= 0.3 is 5.97 Å². The molecule has 0 unspecified atom stereocenters. The third-order valence-electron chi connectivity index (χ3n) is 19.0. The first-order chi connectivity index (χ1) is 54.6. The molecule has 0 saturated carbocycles. The number of nitrogens with two attached hydrogens (primary N) is 2. The molecule has 12 amide bonds. The Morgan fingerprint density at radius 2 is 1.02 bits per heavy atom. The van der Waals surface area contributed by atoms with Gasteiger partial charge in [-0.2, -0.15) is 0 Å². The third kappa shape index (κ3) is 27.7. The van der Waals surface area contributed by atoms with Crippen LogP contribution in [0.4, 0.5) is 0 Å². The van der Waals surface area contributed by atoms with E-state index in [9.17, 15) is 54.0 Å². The van der Waals surface area contributed by atoms with Crippen molar-refractivity contribution in [2.45, 2.75) is 183 Å². The number of phenols is 1. The van der Waals surface area contributed by atoms with Crippen LogP contribution in [-0.2, 0) is 101 Å². The number of carboxylic acid groups (broad SMARTS) is 1. The summed E-state index contributed by atoms with van der Waals surface area (Å²) in [5.41, 5.74) is 16.4. The van der Waals surface area contributed by atoms with Gasteiger partial charge in [-0.3, -0.25) is 57.5 Å². The number of amides is 12. The Labute approximate surface area is 666 Å². The second-order valence-electron chi connectivity index (χ2n) is 28.4. The summed E-state index contributed by atoms with van der Waals surface area (Å²) < 4.78 is 0. The normalized spacial score (nSPS) is 23.5. The minimum atomic E-state index is -1.93. The van der Waals surface area contributed by atoms with E-state index < -0.39 is 194 Å². The van der Waals surface area contributed by atoms with Crippen LogP contribution >= 0.6 is 21.6 Å². The average molecular weight is 1610 g/mol. The van der Waals surface area contributed by atoms with E-state index in [0.717, 1.165) is 27.2 Å². The number of carboxylic acids is 1. The quantitative estimate of drug-likeness (QED) is 0.0281. The molecule has 0 radical (unpaired) electrons. The van der Waals surface area contributed by atoms with E-state index in [-0.39, 0.29) is 69.0 Å². The maximum absolute atomic E-state index is 15.6. The third-order valence-corrected chi connectivity index (χ3v) is 21.5. The first kappa shape index (κ1) is 88.6. The Bertz CT molecular complexity index is 4280. The van der Waals surface area contributed by atoms with Crippen molar-refractivity contribution in [2.24, 2.45) is 11.5 Å². The number of hydrogen-bond donors (Lipinski definition) is 20. The van der Waals surface area contributed by atoms with Gasteiger partial charge in [0.15, 0.2) is 0 Å². The zero-order valence-corrected chi connectivity index (χ0v) is 65.1. The van der Waals surface area contributed by atoms with Crippen LogP contribution in [0, 0.1) is 0 Å². The Morgan fingerprint density at radius 3 is 1.61 bits per heavy atom. The highest BCUT2D eigenvalue weighted by Crippen LogP contribution is 2.25. The van der Waals surface area contributed by atoms with Gasteiger partial charge in [-0.1, -0.05) is 151 Å². The number of fused-ring (bicyclic) bond motifs is 8. The molecule has 0 aliphatic carbocycles. The number of carbonyl (C=O) groups excluding carboxylic acids is 12. The zero-order valence-electron chi connectivity index (χ0n) is 63.5. The Morgan fingerprint density at radius 1 is 0.526 bits per heavy atom. The first-order valence-electron chi connectivity index (χ1n) is 37.7. The molecular weight excluding hydrogens is 1510 g/mol. The van der Waals surface area contributed by atoms with Crippen LogP contribution in [0.15, 0.2) is 140 Å². The lowest BCUT2D eigenvalue weighted by molar-refractivity contribution is -0.142. The van der Waals surface area contributed by atoms with Gasteiger partial charge in [0.1, 0.15) is 72.2 Å². The molecule has 2 bridgehead atoms. The number of nitrogens with one attached hydrogen (secondary N) is 14. The number of H-pyrrole nitrogens is 1. The standard InChI is InChI=1S/C79H102N16O17S2/c1-44(2)83-39-50-23-21-49(22-24-50)37-61-75(107)95-67(45(3)97)78(110)91-60(36-47-16-8-5-9-17-47)72(104)87-58-31-33-82-66(99)30-29-57(70(102)88-59(35-46-14-6-4-7-15-46)73(105)90-62(74(106)89-61)38-51-40-84-55-19-11-10-18-53(51)55)86-69(101)56(20-12-13-32-80)85-77(109)64(93-68(100)54(81)34-48-25-27-52(98)28-26-48)42-113-114-43-65(79(111)112)94-76(108)63(41-96)92-71(58)103/h4-11,14-19,21-28,40,44-45,54,56-65,67,83-84,96-98H,12-13,20,29-39,41-43,80-81H2,1-3H3,(H,82,99)(H,85,109)(H,86,101)(H,87,104)(H,88,102)(H,89,106)(H,90,105)(H,91,110)(H,92,103)(H,93,100)(H,94,108)(H,95,107)(H,111,112)/t45-,54+,56+,57+,58+,59+,60+,61+,62-,63+,64+,65+,67+/m1/s1. The summed E-state index contributed by atoms with van der Waals surface area (Å²) in [7, 11) is 1.67. The minimum Gasteiger partial charge on any atom is -0.508 e. The van der Waals surface area contributed by atoms with Crippen molar-refractivity contribution in [2.75, 3.05) is 31.2 Å². The zero-order chi connectivity index (χ0) is 82.4. The molecular formula is C79H102N16O17S2. The van der Waals surface area contributed by atoms with Crippen LogP contribution in [0.2, 0.25) is 0 Å². The highest BCUT2D eigenvalue weighted by molar-refractivity contribution is 8.76. The van der Waals surface area contributed by atoms with Crippen molar-refractivity contribution in [3.05, 3.63) is 173 Å². The van der Waals surface area contributed by atoms with Crippen molar-refractivity contribution in [3.63, 3.8) is 0 Å². The molecule has 612 valence electrons. The number of phenolic OH excluding ortho intramolecular Hbond substituents is 1. The van der Waals surface area contributed by atoms with E-state index in [2.05, 4.69) is 74.1 Å². The molecule has 114 heavy (non-hydrogen) atoms. The van der Waals surface area contributed by atoms with E-state index in [1.165, 1.54) is 31.2 Å². The summed E-state index contributed by atoms with van der Waals surface area (Å²) in [5.74, 6) is -14.7. The fourth-order valence-electron chi connectivity index (χ4n) is 12.6. The smallest absolute Gasteiger partial charge is 0.327 e. The largest absolute Gasteiger partial charge is 0.508 e. The van der Waals surface area contributed by atoms with E-state index in [0.29, 0.717) is 51.7 Å². The molecule has 2 fully saturated rings. The van der Waals surface area contributed by atoms with Gasteiger partial charge < -0.3 is 106 Å². The minimum absolute atomic E-state index is 0.0553. The topological polar surface area (TPSA) is 527 Å². The number of aliphatic carboxylic acids is 1. The van der Waals surface area contributed by atoms with E-state index in [1.54, 1.807) is 103 Å². The fourth-order valence-corrected chi connectivity index (χ4v) is 14.9. The number of para-hydroxylation sites is 1. The second kappa shape index (κ2) is 44.5. The number of benzene rings is 5. The Hall–Kier alpha value is -11.0. The van der Waals surface area contributed by atoms with E-state index in [1.807, 2.05) is 26.0 Å². The summed E-state index contributed by atoms with van der Waals surface area (Å²) in [6.45, 7) is 4.13. The number of aliphatic hydroxyl groups excluding tert-OH is 2. The molecule has 33 nitrogen and oxygen atoms in total. The van der Waals surface area contributed by atoms with Crippen LogP contribution in [0.3, 0.4) is 0 Å². The molecule has 35 heteroatoms. The van der Waals surface area contributed by atoms with Crippen LogP contribution in [0.25, 0.3) is 10.9 Å². The predicted molar refractivity (Wildman–Crippen MR) is 427 cm³/mol. The molecule has 22 N–H and O–H groups in total. The van der Waals surface area contributed by atoms with Crippen molar-refractivity contribution < 1.29 is 82.8 Å². The number of hydrogen-bond acceptors (Lipinski definition) is 21. The second-order valence-corrected chi connectivity index (χ2v) is 30.9. The molecule has 2 aliphatic rings. The van der Waals surface area contributed by atoms with Crippen molar-refractivity contribution in [1.82, 2.24) is 74.1 Å². The number of aromatic amines is 1. The average Bonchev–Trinajstić information content (AvgIpc) is 1.62. The summed E-state index contributed by atoms with van der Waals surface area (Å²) in [5, 5.41) is 77.9. The van der Waals surface area contributed by atoms with E-state index >= 15 is 28.8 Å². The first-order valence-corrected chi connectivity index (χ1v) is 40.2. The van der Waals surface area contributed by atoms with Crippen LogP contribution in [-0.4, -0.2) is 218 Å². The van der Waals surface area contributed by atoms with Crippen molar-refractivity contribution in [3.8, 4) is 5.75 Å². The van der Waals surface area contributed by atoms with Gasteiger partial charge in [-0.05, 0) is 104 Å². The van der Waals surface area contributed by atoms with Gasteiger partial charge in [0.25, 0.3) is 0 Å². The van der Waals surface area contributed by atoms with Gasteiger partial charge in [0.05, 0.1) is 18.8 Å². The lowest BCUT2D eigenvalue weighted by Gasteiger charge is -2.29. The summed E-state index contributed by atoms with van der Waals surface area (Å²) in [4.78, 5) is 195. The van der Waals surface area contributed by atoms with Crippen LogP contribution in [0.1, 0.15) is 92.7 Å². The maximum atomic E-state index is 15.6. The van der Waals surface area contributed by atoms with Gasteiger partial charge in [0.2, 0.25) is 70.9 Å². The highest BCUT2D eigenvalue weighted by atomic mass is 33.1. The van der Waals surface area contributed by atoms with Crippen LogP contribution < -0.4 is 80.6 Å². The lowest BCUT2D eigenvalue weighted by atomic mass is 9.99. The molecule has 2 aliphatic heterocycles. The van der Waals surface area contributed by atoms with Gasteiger partial charge in [0, 0.05) is 79.8 Å². The number of aromatic hydroxyl groups is 1. The highest BCUT2D eigenvalue weighted by Gasteiger charge is 2.39. The molecule has 0 spiro atoms. The van der Waals surface area contributed by atoms with Crippen molar-refractivity contribution >= 4 is 109 Å². The monoisotopic (exact) mass is 1610 g/mol. The molecule has 3 heterocycles. The fraction of sp³-hybridized carbons (Fsp3) is 0.430. The number of aliphatic hydroxyl groups is 2. The lowest BCUT2D eigenvalue weighted by Crippen LogP contribution is -2.63. The molecule has 5 aromatic carbocycles. The van der Waals surface area contributed by atoms with E-state index in [4.69, 9.17) is 11.5 Å². The number of aromatic nitrogens is 1. The molecule has 6 aromatic rings. The Balaban J connectivity index is 1.26. The molecule has 8 rings (SSSR count). The summed E-state index contributed by atoms with van der Waals surface area (Å²) >= 11 is 0. The summed E-state index contributed by atoms with van der Waals surface area (Å²) in [6.07, 6.45) is -2.59. The van der Waals surface area contributed by atoms with Crippen molar-refractivity contribution in [1.29, 1.82) is 0 Å². The molecule has 1 aromatic heterocycles. The summed E-state index contributed by atoms with van der Waals surface area (Å²) in [6, 6.07) is 16.7. The maximum Gasteiger partial charge on any atom is 0.327 e. The number of unbranched alkanes of at least 4 members (excludes halogenated alkanes) is 1. The van der Waals surface area contributed by atoms with Crippen LogP contribution in [0.5, 0.6) is 5.75 Å². The Kier molecular flexibility index (Phi) is 34.6. The predicted octanol–water partition coefficient (Wildman–Crippen LogP) is -1.17. The number of rotatable bonds is 22. The molecule has 2 saturated heterocycles.